The molecule has 0 aromatic heterocycles. The summed E-state index contributed by atoms with van der Waals surface area (Å²) in [5.41, 5.74) is 3.94. The van der Waals surface area contributed by atoms with E-state index in [1.54, 1.807) is 7.11 Å². The number of urea groups is 1. The molecular formula is C22H30ClN3O2. The van der Waals surface area contributed by atoms with Gasteiger partial charge in [-0.3, -0.25) is 0 Å². The zero-order chi connectivity index (χ0) is 20.7. The molecule has 0 heterocycles. The zero-order valence-electron chi connectivity index (χ0n) is 17.3. The summed E-state index contributed by atoms with van der Waals surface area (Å²) in [6, 6.07) is 11.5. The molecule has 152 valence electrons. The summed E-state index contributed by atoms with van der Waals surface area (Å²) in [6.07, 6.45) is 1.58. The van der Waals surface area contributed by atoms with Crippen LogP contribution in [0.1, 0.15) is 36.6 Å². The van der Waals surface area contributed by atoms with Crippen LogP contribution in [0, 0.1) is 0 Å². The predicted octanol–water partition coefficient (Wildman–Crippen LogP) is 4.90. The van der Waals surface area contributed by atoms with Crippen LogP contribution >= 0.6 is 11.6 Å². The summed E-state index contributed by atoms with van der Waals surface area (Å²) in [4.78, 5) is 14.7. The van der Waals surface area contributed by atoms with Crippen molar-refractivity contribution in [3.8, 4) is 5.75 Å². The van der Waals surface area contributed by atoms with Gasteiger partial charge in [-0.25, -0.2) is 4.79 Å². The average Bonchev–Trinajstić information content (AvgIpc) is 2.68. The number of aryl methyl sites for hydroxylation is 1. The van der Waals surface area contributed by atoms with Gasteiger partial charge in [-0.1, -0.05) is 43.6 Å². The van der Waals surface area contributed by atoms with Gasteiger partial charge in [0.2, 0.25) is 0 Å². The Morgan fingerprint density at radius 2 is 1.93 bits per heavy atom. The van der Waals surface area contributed by atoms with Crippen LogP contribution in [0.3, 0.4) is 0 Å². The van der Waals surface area contributed by atoms with Gasteiger partial charge in [0.15, 0.2) is 0 Å². The van der Waals surface area contributed by atoms with E-state index < -0.39 is 0 Å². The minimum Gasteiger partial charge on any atom is -0.497 e. The molecule has 0 aliphatic carbocycles. The molecule has 2 aromatic carbocycles. The summed E-state index contributed by atoms with van der Waals surface area (Å²) in [7, 11) is 5.63. The number of carbonyl (C=O) groups is 1. The number of nitrogens with one attached hydrogen (secondary N) is 2. The van der Waals surface area contributed by atoms with Gasteiger partial charge in [0.25, 0.3) is 0 Å². The van der Waals surface area contributed by atoms with Gasteiger partial charge >= 0.3 is 6.03 Å². The summed E-state index contributed by atoms with van der Waals surface area (Å²) < 4.78 is 5.32. The molecule has 0 bridgehead atoms. The molecule has 1 atom stereocenters. The first-order valence-corrected chi connectivity index (χ1v) is 9.94. The zero-order valence-corrected chi connectivity index (χ0v) is 18.1. The van der Waals surface area contributed by atoms with Crippen LogP contribution in [0.5, 0.6) is 5.75 Å². The van der Waals surface area contributed by atoms with Gasteiger partial charge in [-0.15, -0.1) is 0 Å². The third kappa shape index (κ3) is 5.40. The maximum atomic E-state index is 12.6. The second-order valence-electron chi connectivity index (χ2n) is 6.86. The Labute approximate surface area is 173 Å². The Morgan fingerprint density at radius 1 is 1.18 bits per heavy atom. The fourth-order valence-electron chi connectivity index (χ4n) is 3.26. The molecule has 0 saturated heterocycles. The predicted molar refractivity (Wildman–Crippen MR) is 117 cm³/mol. The second-order valence-corrected chi connectivity index (χ2v) is 7.27. The third-order valence-electron chi connectivity index (χ3n) is 4.87. The number of methoxy groups -OCH3 is 1. The molecule has 0 saturated carbocycles. The fourth-order valence-corrected chi connectivity index (χ4v) is 3.55. The van der Waals surface area contributed by atoms with Gasteiger partial charge in [-0.05, 0) is 61.8 Å². The molecule has 2 amide bonds. The number of carbonyl (C=O) groups excluding carboxylic acids is 1. The Balaban J connectivity index is 2.13. The van der Waals surface area contributed by atoms with Crippen LogP contribution in [-0.4, -0.2) is 38.7 Å². The molecule has 0 aliphatic rings. The maximum Gasteiger partial charge on any atom is 0.319 e. The van der Waals surface area contributed by atoms with Crippen molar-refractivity contribution >= 4 is 23.3 Å². The van der Waals surface area contributed by atoms with E-state index in [-0.39, 0.29) is 12.1 Å². The average molecular weight is 404 g/mol. The van der Waals surface area contributed by atoms with Gasteiger partial charge in [0, 0.05) is 11.6 Å². The maximum absolute atomic E-state index is 12.6. The van der Waals surface area contributed by atoms with Crippen molar-refractivity contribution in [1.29, 1.82) is 0 Å². The Bertz CT molecular complexity index is 808. The number of amides is 2. The highest BCUT2D eigenvalue weighted by Gasteiger charge is 2.17. The van der Waals surface area contributed by atoms with E-state index in [1.807, 2.05) is 57.4 Å². The number of halogens is 1. The lowest BCUT2D eigenvalue weighted by Gasteiger charge is -2.26. The lowest BCUT2D eigenvalue weighted by Crippen LogP contribution is -2.37. The Kier molecular flexibility index (Phi) is 8.15. The number of likely N-dealkylation sites (N-methyl/N-ethyl adjacent to an activating group) is 1. The molecular weight excluding hydrogens is 374 g/mol. The highest BCUT2D eigenvalue weighted by Crippen LogP contribution is 2.29. The van der Waals surface area contributed by atoms with Crippen LogP contribution in [-0.2, 0) is 12.8 Å². The number of rotatable bonds is 8. The molecule has 1 unspecified atom stereocenters. The summed E-state index contributed by atoms with van der Waals surface area (Å²) in [6.45, 7) is 4.57. The lowest BCUT2D eigenvalue weighted by molar-refractivity contribution is 0.243. The first-order valence-electron chi connectivity index (χ1n) is 9.56. The highest BCUT2D eigenvalue weighted by molar-refractivity contribution is 6.31. The van der Waals surface area contributed by atoms with Gasteiger partial charge < -0.3 is 20.3 Å². The van der Waals surface area contributed by atoms with Crippen molar-refractivity contribution in [1.82, 2.24) is 10.2 Å². The van der Waals surface area contributed by atoms with Crippen LogP contribution in [0.15, 0.2) is 36.4 Å². The largest absolute Gasteiger partial charge is 0.497 e. The first kappa shape index (κ1) is 22.1. The van der Waals surface area contributed by atoms with Gasteiger partial charge in [0.05, 0.1) is 18.8 Å². The minimum atomic E-state index is -0.235. The number of anilines is 1. The molecule has 0 spiro atoms. The number of hydrogen-bond donors (Lipinski definition) is 2. The van der Waals surface area contributed by atoms with E-state index in [2.05, 4.69) is 22.5 Å². The molecule has 28 heavy (non-hydrogen) atoms. The summed E-state index contributed by atoms with van der Waals surface area (Å²) in [5.74, 6) is 0.799. The molecule has 2 rings (SSSR count). The third-order valence-corrected chi connectivity index (χ3v) is 5.23. The quantitative estimate of drug-likeness (QED) is 0.659. The monoisotopic (exact) mass is 403 g/mol. The van der Waals surface area contributed by atoms with E-state index in [0.29, 0.717) is 11.6 Å². The van der Waals surface area contributed by atoms with Crippen LogP contribution in [0.2, 0.25) is 5.02 Å². The summed E-state index contributed by atoms with van der Waals surface area (Å²) >= 11 is 6.33. The SMILES string of the molecule is CCc1ccc(Cl)c(CC)c1NC(=O)NCC(c1cccc(OC)c1)N(C)C. The Hall–Kier alpha value is -2.24. The Morgan fingerprint density at radius 3 is 2.54 bits per heavy atom. The smallest absolute Gasteiger partial charge is 0.319 e. The number of ether oxygens (including phenoxy) is 1. The van der Waals surface area contributed by atoms with Gasteiger partial charge in [-0.2, -0.15) is 0 Å². The lowest BCUT2D eigenvalue weighted by atomic mass is 10.0. The van der Waals surface area contributed by atoms with Crippen molar-refractivity contribution in [2.45, 2.75) is 32.7 Å². The number of hydrogen-bond acceptors (Lipinski definition) is 3. The molecule has 0 radical (unpaired) electrons. The molecule has 6 heteroatoms. The van der Waals surface area contributed by atoms with Crippen molar-refractivity contribution in [2.24, 2.45) is 0 Å². The van der Waals surface area contributed by atoms with E-state index in [1.165, 1.54) is 0 Å². The van der Waals surface area contributed by atoms with Crippen molar-refractivity contribution in [3.63, 3.8) is 0 Å². The van der Waals surface area contributed by atoms with E-state index in [9.17, 15) is 4.79 Å². The molecule has 5 nitrogen and oxygen atoms in total. The molecule has 2 aromatic rings. The van der Waals surface area contributed by atoms with Crippen molar-refractivity contribution < 1.29 is 9.53 Å². The number of benzene rings is 2. The van der Waals surface area contributed by atoms with Gasteiger partial charge in [0.1, 0.15) is 5.75 Å². The molecule has 0 aliphatic heterocycles. The van der Waals surface area contributed by atoms with E-state index >= 15 is 0 Å². The van der Waals surface area contributed by atoms with Crippen LogP contribution < -0.4 is 15.4 Å². The standard InChI is InChI=1S/C22H30ClN3O2/c1-6-15-11-12-19(23)18(7-2)21(15)25-22(27)24-14-20(26(3)4)16-9-8-10-17(13-16)28-5/h8-13,20H,6-7,14H2,1-5H3,(H2,24,25,27). The normalized spacial score (nSPS) is 12.0. The van der Waals surface area contributed by atoms with Crippen molar-refractivity contribution in [3.05, 3.63) is 58.1 Å². The second kappa shape index (κ2) is 10.3. The molecule has 0 fully saturated rings. The number of nitrogens with zero attached hydrogens (tertiary/aromatic N) is 1. The van der Waals surface area contributed by atoms with E-state index in [4.69, 9.17) is 16.3 Å². The van der Waals surface area contributed by atoms with Crippen molar-refractivity contribution in [2.75, 3.05) is 33.1 Å². The molecule has 2 N–H and O–H groups in total. The fraction of sp³-hybridized carbons (Fsp3) is 0.409. The minimum absolute atomic E-state index is 0.0245. The topological polar surface area (TPSA) is 53.6 Å². The van der Waals surface area contributed by atoms with Crippen LogP contribution in [0.25, 0.3) is 0 Å². The van der Waals surface area contributed by atoms with Crippen LogP contribution in [0.4, 0.5) is 10.5 Å². The summed E-state index contributed by atoms with van der Waals surface area (Å²) in [5, 5.41) is 6.69. The highest BCUT2D eigenvalue weighted by atomic mass is 35.5. The van der Waals surface area contributed by atoms with E-state index in [0.717, 1.165) is 41.0 Å². The first-order chi connectivity index (χ1) is 13.4.